The lowest BCUT2D eigenvalue weighted by molar-refractivity contribution is -0.148. The number of rotatable bonds is 4. The number of H-pyrrole nitrogens is 1. The number of methoxy groups -OCH3 is 1. The third-order valence-electron chi connectivity index (χ3n) is 4.50. The van der Waals surface area contributed by atoms with Gasteiger partial charge in [-0.3, -0.25) is 14.8 Å². The van der Waals surface area contributed by atoms with Gasteiger partial charge >= 0.3 is 5.97 Å². The molecule has 0 saturated carbocycles. The molecule has 0 aliphatic carbocycles. The summed E-state index contributed by atoms with van der Waals surface area (Å²) in [6.45, 7) is 4.03. The number of benzene rings is 1. The van der Waals surface area contributed by atoms with Gasteiger partial charge in [0.15, 0.2) is 0 Å². The highest BCUT2D eigenvalue weighted by Crippen LogP contribution is 2.25. The molecule has 8 heteroatoms. The van der Waals surface area contributed by atoms with Crippen LogP contribution in [0.2, 0.25) is 5.02 Å². The van der Waals surface area contributed by atoms with E-state index >= 15 is 0 Å². The maximum absolute atomic E-state index is 12.5. The normalized spacial score (nSPS) is 16.3. The highest BCUT2D eigenvalue weighted by Gasteiger charge is 2.32. The Bertz CT molecular complexity index is 782. The number of ether oxygens (including phenoxy) is 1. The van der Waals surface area contributed by atoms with Crippen LogP contribution < -0.4 is 0 Å². The van der Waals surface area contributed by atoms with Crippen LogP contribution in [0.15, 0.2) is 30.3 Å². The first kappa shape index (κ1) is 18.4. The zero-order valence-corrected chi connectivity index (χ0v) is 15.5. The van der Waals surface area contributed by atoms with Gasteiger partial charge in [0.25, 0.3) is 5.91 Å². The van der Waals surface area contributed by atoms with Crippen molar-refractivity contribution in [1.82, 2.24) is 20.0 Å². The number of nitrogens with one attached hydrogen (secondary N) is 1. The van der Waals surface area contributed by atoms with Gasteiger partial charge in [0.2, 0.25) is 0 Å². The number of aromatic amines is 1. The van der Waals surface area contributed by atoms with Crippen LogP contribution in [0.5, 0.6) is 0 Å². The molecule has 1 unspecified atom stereocenters. The molecule has 0 radical (unpaired) electrons. The number of hydrogen-bond donors (Lipinski definition) is 1. The summed E-state index contributed by atoms with van der Waals surface area (Å²) in [5.74, 6) is -0.426. The monoisotopic (exact) mass is 376 g/mol. The van der Waals surface area contributed by atoms with E-state index in [1.54, 1.807) is 23.1 Å². The minimum atomic E-state index is -0.512. The molecule has 0 bridgehead atoms. The Hall–Kier alpha value is -2.38. The quantitative estimate of drug-likeness (QED) is 0.826. The maximum Gasteiger partial charge on any atom is 0.327 e. The smallest absolute Gasteiger partial charge is 0.327 e. The Morgan fingerprint density at radius 1 is 1.19 bits per heavy atom. The summed E-state index contributed by atoms with van der Waals surface area (Å²) < 4.78 is 4.99. The number of carbonyl (C=O) groups excluding carboxylic acids is 2. The van der Waals surface area contributed by atoms with Gasteiger partial charge in [0.1, 0.15) is 11.7 Å². The topological polar surface area (TPSA) is 78.5 Å². The first-order valence-electron chi connectivity index (χ1n) is 8.38. The average molecular weight is 377 g/mol. The number of nitrogens with zero attached hydrogens (tertiary/aromatic N) is 3. The molecular formula is C18H21ClN4O3. The summed E-state index contributed by atoms with van der Waals surface area (Å²) in [5, 5.41) is 7.42. The number of esters is 1. The molecule has 1 amide bonds. The average Bonchev–Trinajstić information content (AvgIpc) is 3.09. The second-order valence-corrected chi connectivity index (χ2v) is 6.68. The summed E-state index contributed by atoms with van der Waals surface area (Å²) >= 11 is 5.95. The Morgan fingerprint density at radius 2 is 1.85 bits per heavy atom. The van der Waals surface area contributed by atoms with Gasteiger partial charge in [0.05, 0.1) is 7.11 Å². The predicted molar refractivity (Wildman–Crippen MR) is 97.0 cm³/mol. The van der Waals surface area contributed by atoms with Crippen LogP contribution in [0.25, 0.3) is 0 Å². The molecule has 1 fully saturated rings. The number of hydrogen-bond acceptors (Lipinski definition) is 5. The SMILES string of the molecule is COC(=O)C(c1ccc(Cl)cc1)N1CCN(C(=O)c2cc(C)[nH]n2)CC1. The van der Waals surface area contributed by atoms with Gasteiger partial charge in [-0.05, 0) is 30.7 Å². The van der Waals surface area contributed by atoms with Gasteiger partial charge in [-0.15, -0.1) is 0 Å². The third-order valence-corrected chi connectivity index (χ3v) is 4.75. The van der Waals surface area contributed by atoms with E-state index in [1.165, 1.54) is 7.11 Å². The van der Waals surface area contributed by atoms with Crippen LogP contribution >= 0.6 is 11.6 Å². The highest BCUT2D eigenvalue weighted by molar-refractivity contribution is 6.30. The van der Waals surface area contributed by atoms with E-state index in [1.807, 2.05) is 24.0 Å². The number of aryl methyl sites for hydroxylation is 1. The molecule has 1 saturated heterocycles. The Kier molecular flexibility index (Phi) is 5.58. The summed E-state index contributed by atoms with van der Waals surface area (Å²) in [6, 6.07) is 8.39. The molecule has 1 aromatic heterocycles. The maximum atomic E-state index is 12.5. The van der Waals surface area contributed by atoms with Crippen molar-refractivity contribution in [3.05, 3.63) is 52.3 Å². The number of aromatic nitrogens is 2. The lowest BCUT2D eigenvalue weighted by Crippen LogP contribution is -2.51. The first-order chi connectivity index (χ1) is 12.5. The summed E-state index contributed by atoms with van der Waals surface area (Å²) in [6.07, 6.45) is 0. The molecule has 26 heavy (non-hydrogen) atoms. The fourth-order valence-electron chi connectivity index (χ4n) is 3.13. The van der Waals surface area contributed by atoms with Crippen molar-refractivity contribution in [1.29, 1.82) is 0 Å². The summed E-state index contributed by atoms with van der Waals surface area (Å²) in [5.41, 5.74) is 2.09. The first-order valence-corrected chi connectivity index (χ1v) is 8.76. The zero-order valence-electron chi connectivity index (χ0n) is 14.7. The van der Waals surface area contributed by atoms with Crippen LogP contribution in [0.4, 0.5) is 0 Å². The number of halogens is 1. The van der Waals surface area contributed by atoms with Crippen molar-refractivity contribution in [2.75, 3.05) is 33.3 Å². The minimum absolute atomic E-state index is 0.102. The van der Waals surface area contributed by atoms with E-state index in [4.69, 9.17) is 16.3 Å². The molecule has 7 nitrogen and oxygen atoms in total. The molecule has 1 aromatic carbocycles. The van der Waals surface area contributed by atoms with E-state index in [2.05, 4.69) is 10.2 Å². The largest absolute Gasteiger partial charge is 0.468 e. The second-order valence-electron chi connectivity index (χ2n) is 6.24. The summed E-state index contributed by atoms with van der Waals surface area (Å²) in [7, 11) is 1.38. The van der Waals surface area contributed by atoms with Crippen molar-refractivity contribution >= 4 is 23.5 Å². The predicted octanol–water partition coefficient (Wildman–Crippen LogP) is 2.04. The van der Waals surface area contributed by atoms with E-state index in [9.17, 15) is 9.59 Å². The van der Waals surface area contributed by atoms with Gasteiger partial charge in [-0.25, -0.2) is 4.79 Å². The van der Waals surface area contributed by atoms with Crippen molar-refractivity contribution in [2.24, 2.45) is 0 Å². The van der Waals surface area contributed by atoms with Crippen LogP contribution in [-0.2, 0) is 9.53 Å². The number of amides is 1. The minimum Gasteiger partial charge on any atom is -0.468 e. The van der Waals surface area contributed by atoms with Gasteiger partial charge in [-0.2, -0.15) is 5.10 Å². The Labute approximate surface area is 156 Å². The van der Waals surface area contributed by atoms with Crippen molar-refractivity contribution in [3.63, 3.8) is 0 Å². The standard InChI is InChI=1S/C18H21ClN4O3/c1-12-11-15(21-20-12)17(24)23-9-7-22(8-10-23)16(18(25)26-2)13-3-5-14(19)6-4-13/h3-6,11,16H,7-10H2,1-2H3,(H,20,21). The highest BCUT2D eigenvalue weighted by atomic mass is 35.5. The van der Waals surface area contributed by atoms with Gasteiger partial charge in [0, 0.05) is 36.9 Å². The molecule has 1 aliphatic heterocycles. The lowest BCUT2D eigenvalue weighted by Gasteiger charge is -2.38. The van der Waals surface area contributed by atoms with E-state index in [0.29, 0.717) is 36.9 Å². The molecule has 2 aromatic rings. The second kappa shape index (κ2) is 7.88. The molecule has 1 aliphatic rings. The van der Waals surface area contributed by atoms with E-state index < -0.39 is 6.04 Å². The van der Waals surface area contributed by atoms with E-state index in [-0.39, 0.29) is 11.9 Å². The Balaban J connectivity index is 1.70. The molecular weight excluding hydrogens is 356 g/mol. The van der Waals surface area contributed by atoms with Crippen molar-refractivity contribution in [2.45, 2.75) is 13.0 Å². The fraction of sp³-hybridized carbons (Fsp3) is 0.389. The molecule has 1 N–H and O–H groups in total. The number of piperazine rings is 1. The van der Waals surface area contributed by atoms with Crippen molar-refractivity contribution < 1.29 is 14.3 Å². The lowest BCUT2D eigenvalue weighted by atomic mass is 10.0. The van der Waals surface area contributed by atoms with E-state index in [0.717, 1.165) is 11.3 Å². The number of carbonyl (C=O) groups is 2. The van der Waals surface area contributed by atoms with Gasteiger partial charge < -0.3 is 9.64 Å². The molecule has 1 atom stereocenters. The molecule has 138 valence electrons. The van der Waals surface area contributed by atoms with Crippen LogP contribution in [-0.4, -0.2) is 65.2 Å². The molecule has 0 spiro atoms. The van der Waals surface area contributed by atoms with Crippen LogP contribution in [0, 0.1) is 6.92 Å². The van der Waals surface area contributed by atoms with Gasteiger partial charge in [-0.1, -0.05) is 23.7 Å². The molecule has 3 rings (SSSR count). The van der Waals surface area contributed by atoms with Crippen LogP contribution in [0.1, 0.15) is 27.8 Å². The molecule has 2 heterocycles. The summed E-state index contributed by atoms with van der Waals surface area (Å²) in [4.78, 5) is 28.6. The third kappa shape index (κ3) is 3.89. The zero-order chi connectivity index (χ0) is 18.7. The fourth-order valence-corrected chi connectivity index (χ4v) is 3.25. The Morgan fingerprint density at radius 3 is 2.38 bits per heavy atom. The van der Waals surface area contributed by atoms with Crippen molar-refractivity contribution in [3.8, 4) is 0 Å². The van der Waals surface area contributed by atoms with Crippen LogP contribution in [0.3, 0.4) is 0 Å².